The highest BCUT2D eigenvalue weighted by Gasteiger charge is 2.28. The van der Waals surface area contributed by atoms with Crippen molar-refractivity contribution in [2.45, 2.75) is 58.7 Å². The van der Waals surface area contributed by atoms with Crippen LogP contribution in [-0.4, -0.2) is 67.2 Å². The summed E-state index contributed by atoms with van der Waals surface area (Å²) in [4.78, 5) is 50.1. The molecule has 0 radical (unpaired) electrons. The number of carbonyl (C=O) groups is 4. The van der Waals surface area contributed by atoms with E-state index in [1.165, 1.54) is 14.0 Å². The minimum atomic E-state index is -0.970. The van der Waals surface area contributed by atoms with Gasteiger partial charge in [-0.2, -0.15) is 0 Å². The third-order valence-electron chi connectivity index (χ3n) is 4.67. The largest absolute Gasteiger partial charge is 0.454 e. The van der Waals surface area contributed by atoms with Gasteiger partial charge in [0.2, 0.25) is 13.6 Å². The molecule has 1 unspecified atom stereocenters. The number of ketones is 1. The van der Waals surface area contributed by atoms with Crippen molar-refractivity contribution in [3.05, 3.63) is 23.8 Å². The number of ether oxygens (including phenoxy) is 5. The fraction of sp³-hybridized carbons (Fsp3) is 0.545. The second kappa shape index (κ2) is 10.9. The highest BCUT2D eigenvalue weighted by molar-refractivity contribution is 6.01. The molecule has 33 heavy (non-hydrogen) atoms. The number of rotatable bonds is 8. The van der Waals surface area contributed by atoms with Crippen LogP contribution in [0.25, 0.3) is 0 Å². The van der Waals surface area contributed by atoms with Crippen molar-refractivity contribution in [1.82, 2.24) is 10.2 Å². The fourth-order valence-corrected chi connectivity index (χ4v) is 2.74. The molecule has 1 aliphatic rings. The lowest BCUT2D eigenvalue weighted by Gasteiger charge is -2.24. The van der Waals surface area contributed by atoms with Crippen molar-refractivity contribution in [2.24, 2.45) is 0 Å². The molecule has 1 N–H and O–H groups in total. The lowest BCUT2D eigenvalue weighted by molar-refractivity contribution is -0.155. The van der Waals surface area contributed by atoms with E-state index in [9.17, 15) is 19.2 Å². The maximum Gasteiger partial charge on any atom is 0.413 e. The molecule has 0 aromatic heterocycles. The van der Waals surface area contributed by atoms with Crippen molar-refractivity contribution in [2.75, 3.05) is 20.6 Å². The van der Waals surface area contributed by atoms with E-state index in [0.29, 0.717) is 17.1 Å². The SMILES string of the molecule is CC[C@H](NC(=O)OC(C)(C)C)C(=O)OCOC(=O)N(C)C(C)C(=O)c1ccc2c(c1)OCO2. The molecule has 2 amide bonds. The van der Waals surface area contributed by atoms with Crippen LogP contribution in [-0.2, 0) is 19.0 Å². The molecule has 2 atom stereocenters. The Morgan fingerprint density at radius 3 is 2.42 bits per heavy atom. The number of likely N-dealkylation sites (N-methyl/N-ethyl adjacent to an activating group) is 1. The third kappa shape index (κ3) is 7.26. The molecule has 0 aliphatic carbocycles. The van der Waals surface area contributed by atoms with Crippen LogP contribution < -0.4 is 14.8 Å². The van der Waals surface area contributed by atoms with E-state index in [1.807, 2.05) is 0 Å². The van der Waals surface area contributed by atoms with Gasteiger partial charge in [-0.05, 0) is 52.3 Å². The molecule has 11 nitrogen and oxygen atoms in total. The highest BCUT2D eigenvalue weighted by Crippen LogP contribution is 2.33. The van der Waals surface area contributed by atoms with Gasteiger partial charge in [-0.3, -0.25) is 4.79 Å². The molecule has 0 saturated heterocycles. The smallest absolute Gasteiger partial charge is 0.413 e. The Bertz CT molecular complexity index is 894. The van der Waals surface area contributed by atoms with E-state index in [-0.39, 0.29) is 19.0 Å². The summed E-state index contributed by atoms with van der Waals surface area (Å²) >= 11 is 0. The third-order valence-corrected chi connectivity index (χ3v) is 4.67. The fourth-order valence-electron chi connectivity index (χ4n) is 2.74. The number of benzene rings is 1. The number of nitrogens with zero attached hydrogens (tertiary/aromatic N) is 1. The number of amides is 2. The van der Waals surface area contributed by atoms with Crippen molar-refractivity contribution >= 4 is 23.9 Å². The Hall–Kier alpha value is -3.50. The monoisotopic (exact) mass is 466 g/mol. The first-order chi connectivity index (χ1) is 15.4. The summed E-state index contributed by atoms with van der Waals surface area (Å²) in [6.07, 6.45) is -1.39. The Morgan fingerprint density at radius 2 is 1.79 bits per heavy atom. The predicted molar refractivity (Wildman–Crippen MR) is 115 cm³/mol. The molecule has 1 heterocycles. The van der Waals surface area contributed by atoms with E-state index in [0.717, 1.165) is 4.90 Å². The number of alkyl carbamates (subject to hydrolysis) is 1. The summed E-state index contributed by atoms with van der Waals surface area (Å²) in [5, 5.41) is 2.40. The molecule has 0 saturated carbocycles. The summed E-state index contributed by atoms with van der Waals surface area (Å²) < 4.78 is 25.5. The first-order valence-corrected chi connectivity index (χ1v) is 10.4. The van der Waals surface area contributed by atoms with Crippen LogP contribution in [0.5, 0.6) is 11.5 Å². The van der Waals surface area contributed by atoms with Gasteiger partial charge in [0.25, 0.3) is 0 Å². The number of nitrogens with one attached hydrogen (secondary N) is 1. The number of carbonyl (C=O) groups excluding carboxylic acids is 4. The van der Waals surface area contributed by atoms with E-state index >= 15 is 0 Å². The number of hydrogen-bond acceptors (Lipinski definition) is 9. The van der Waals surface area contributed by atoms with Gasteiger partial charge in [0, 0.05) is 12.6 Å². The topological polar surface area (TPSA) is 130 Å². The Kier molecular flexibility index (Phi) is 8.50. The zero-order valence-electron chi connectivity index (χ0n) is 19.6. The summed E-state index contributed by atoms with van der Waals surface area (Å²) in [5.41, 5.74) is -0.377. The maximum atomic E-state index is 12.7. The van der Waals surface area contributed by atoms with Crippen LogP contribution in [0, 0.1) is 0 Å². The number of fused-ring (bicyclic) bond motifs is 1. The lowest BCUT2D eigenvalue weighted by atomic mass is 10.0. The lowest BCUT2D eigenvalue weighted by Crippen LogP contribution is -2.44. The molecule has 0 fully saturated rings. The molecule has 1 aliphatic heterocycles. The number of hydrogen-bond donors (Lipinski definition) is 1. The van der Waals surface area contributed by atoms with E-state index < -0.39 is 42.6 Å². The first kappa shape index (κ1) is 25.8. The minimum absolute atomic E-state index is 0.0830. The maximum absolute atomic E-state index is 12.7. The molecule has 11 heteroatoms. The van der Waals surface area contributed by atoms with Crippen molar-refractivity contribution in [3.63, 3.8) is 0 Å². The summed E-state index contributed by atoms with van der Waals surface area (Å²) in [7, 11) is 1.39. The highest BCUT2D eigenvalue weighted by atomic mass is 16.7. The van der Waals surface area contributed by atoms with Crippen LogP contribution in [0.15, 0.2) is 18.2 Å². The molecule has 182 valence electrons. The summed E-state index contributed by atoms with van der Waals surface area (Å²) in [6, 6.07) is 2.92. The van der Waals surface area contributed by atoms with Gasteiger partial charge in [0.05, 0.1) is 6.04 Å². The van der Waals surface area contributed by atoms with E-state index in [1.54, 1.807) is 45.9 Å². The number of esters is 1. The standard InChI is InChI=1S/C22H30N2O9/c1-7-15(23-20(27)33-22(3,4)5)19(26)31-12-32-21(28)24(6)13(2)18(25)14-8-9-16-17(10-14)30-11-29-16/h8-10,13,15H,7,11-12H2,1-6H3,(H,23,27)/t13?,15-/m0/s1. The summed E-state index contributed by atoms with van der Waals surface area (Å²) in [5.74, 6) is -0.128. The van der Waals surface area contributed by atoms with Crippen molar-refractivity contribution in [1.29, 1.82) is 0 Å². The first-order valence-electron chi connectivity index (χ1n) is 10.4. The molecule has 0 bridgehead atoms. The van der Waals surface area contributed by atoms with Crippen LogP contribution >= 0.6 is 0 Å². The Labute approximate surface area is 192 Å². The van der Waals surface area contributed by atoms with Crippen LogP contribution in [0.2, 0.25) is 0 Å². The second-order valence-electron chi connectivity index (χ2n) is 8.32. The molecule has 2 rings (SSSR count). The van der Waals surface area contributed by atoms with Gasteiger partial charge in [-0.1, -0.05) is 6.92 Å². The molecule has 1 aromatic carbocycles. The van der Waals surface area contributed by atoms with Crippen molar-refractivity contribution < 1.29 is 42.9 Å². The zero-order chi connectivity index (χ0) is 24.8. The normalized spacial score (nSPS) is 14.0. The quantitative estimate of drug-likeness (QED) is 0.349. The molecule has 0 spiro atoms. The van der Waals surface area contributed by atoms with Crippen molar-refractivity contribution in [3.8, 4) is 11.5 Å². The number of Topliss-reactive ketones (excluding diaryl/α,β-unsaturated/α-hetero) is 1. The average Bonchev–Trinajstić information content (AvgIpc) is 3.22. The zero-order valence-corrected chi connectivity index (χ0v) is 19.6. The molecule has 1 aromatic rings. The second-order valence-corrected chi connectivity index (χ2v) is 8.32. The Balaban J connectivity index is 1.83. The van der Waals surface area contributed by atoms with Crippen LogP contribution in [0.1, 0.15) is 51.4 Å². The minimum Gasteiger partial charge on any atom is -0.454 e. The van der Waals surface area contributed by atoms with E-state index in [4.69, 9.17) is 23.7 Å². The molecular weight excluding hydrogens is 436 g/mol. The van der Waals surface area contributed by atoms with E-state index in [2.05, 4.69) is 5.32 Å². The average molecular weight is 466 g/mol. The van der Waals surface area contributed by atoms with Gasteiger partial charge >= 0.3 is 18.2 Å². The van der Waals surface area contributed by atoms with Gasteiger partial charge in [-0.25, -0.2) is 14.4 Å². The molecular formula is C22H30N2O9. The van der Waals surface area contributed by atoms with Gasteiger partial charge < -0.3 is 33.9 Å². The Morgan fingerprint density at radius 1 is 1.12 bits per heavy atom. The summed E-state index contributed by atoms with van der Waals surface area (Å²) in [6.45, 7) is 7.70. The predicted octanol–water partition coefficient (Wildman–Crippen LogP) is 2.86. The van der Waals surface area contributed by atoms with Gasteiger partial charge in [0.1, 0.15) is 11.6 Å². The van der Waals surface area contributed by atoms with Gasteiger partial charge in [-0.15, -0.1) is 0 Å². The van der Waals surface area contributed by atoms with Crippen LogP contribution in [0.3, 0.4) is 0 Å². The van der Waals surface area contributed by atoms with Gasteiger partial charge in [0.15, 0.2) is 17.3 Å². The van der Waals surface area contributed by atoms with Crippen LogP contribution in [0.4, 0.5) is 9.59 Å².